The molecule has 6 heteroatoms. The molecule has 0 aromatic carbocycles. The molecule has 1 aromatic heterocycles. The number of nitrogens with one attached hydrogen (secondary N) is 1. The van der Waals surface area contributed by atoms with E-state index in [9.17, 15) is 4.79 Å². The Morgan fingerprint density at radius 3 is 2.72 bits per heavy atom. The zero-order chi connectivity index (χ0) is 18.0. The van der Waals surface area contributed by atoms with E-state index < -0.39 is 0 Å². The molecule has 1 saturated heterocycles. The number of hydrogen-bond donors (Lipinski definition) is 1. The van der Waals surface area contributed by atoms with Crippen molar-refractivity contribution in [2.45, 2.75) is 71.2 Å². The summed E-state index contributed by atoms with van der Waals surface area (Å²) < 4.78 is 14.0. The molecule has 3 rings (SSSR count). The van der Waals surface area contributed by atoms with Gasteiger partial charge >= 0.3 is 0 Å². The molecule has 1 N–H and O–H groups in total. The molecule has 0 radical (unpaired) electrons. The molecule has 1 atom stereocenters. The zero-order valence-corrected chi connectivity index (χ0v) is 15.9. The standard InChI is InChI=1S/C19H31N3O3/c1-13-7-9-19(10-8-13)24-12-16(25-19)11-20-18(23)6-5-17-14(2)21-22(4)15(17)3/h13,16H,5-12H2,1-4H3,(H,20,23). The van der Waals surface area contributed by atoms with E-state index in [4.69, 9.17) is 9.47 Å². The van der Waals surface area contributed by atoms with Crippen molar-refractivity contribution in [3.63, 3.8) is 0 Å². The molecule has 1 aromatic rings. The van der Waals surface area contributed by atoms with Crippen molar-refractivity contribution in [2.24, 2.45) is 13.0 Å². The van der Waals surface area contributed by atoms with Gasteiger partial charge in [-0.25, -0.2) is 0 Å². The second kappa shape index (κ2) is 7.46. The topological polar surface area (TPSA) is 65.4 Å². The second-order valence-corrected chi connectivity index (χ2v) is 7.72. The van der Waals surface area contributed by atoms with Crippen molar-refractivity contribution in [1.29, 1.82) is 0 Å². The van der Waals surface area contributed by atoms with Gasteiger partial charge in [0.2, 0.25) is 5.91 Å². The summed E-state index contributed by atoms with van der Waals surface area (Å²) in [5.74, 6) is 0.437. The Morgan fingerprint density at radius 1 is 1.36 bits per heavy atom. The lowest BCUT2D eigenvalue weighted by atomic mass is 9.86. The van der Waals surface area contributed by atoms with Crippen molar-refractivity contribution < 1.29 is 14.3 Å². The van der Waals surface area contributed by atoms with Crippen LogP contribution in [-0.4, -0.2) is 40.7 Å². The van der Waals surface area contributed by atoms with Crippen LogP contribution in [0.3, 0.4) is 0 Å². The van der Waals surface area contributed by atoms with E-state index in [0.29, 0.717) is 19.6 Å². The highest BCUT2D eigenvalue weighted by Gasteiger charge is 2.43. The fourth-order valence-electron chi connectivity index (χ4n) is 3.92. The molecular weight excluding hydrogens is 318 g/mol. The number of aromatic nitrogens is 2. The first-order valence-electron chi connectivity index (χ1n) is 9.46. The highest BCUT2D eigenvalue weighted by Crippen LogP contribution is 2.39. The molecule has 1 unspecified atom stereocenters. The highest BCUT2D eigenvalue weighted by atomic mass is 16.7. The first-order valence-corrected chi connectivity index (χ1v) is 9.46. The Morgan fingerprint density at radius 2 is 2.08 bits per heavy atom. The number of amides is 1. The number of hydrogen-bond acceptors (Lipinski definition) is 4. The molecular formula is C19H31N3O3. The maximum absolute atomic E-state index is 12.2. The van der Waals surface area contributed by atoms with Gasteiger partial charge in [0.25, 0.3) is 0 Å². The summed E-state index contributed by atoms with van der Waals surface area (Å²) in [6, 6.07) is 0. The molecule has 140 valence electrons. The van der Waals surface area contributed by atoms with Crippen LogP contribution in [0.2, 0.25) is 0 Å². The number of ether oxygens (including phenoxy) is 2. The van der Waals surface area contributed by atoms with Crippen LogP contribution in [0, 0.1) is 19.8 Å². The van der Waals surface area contributed by atoms with E-state index in [1.165, 1.54) is 5.56 Å². The van der Waals surface area contributed by atoms with Crippen LogP contribution < -0.4 is 5.32 Å². The molecule has 25 heavy (non-hydrogen) atoms. The SMILES string of the molecule is Cc1nn(C)c(C)c1CCC(=O)NCC1COC2(CCC(C)CC2)O1. The van der Waals surface area contributed by atoms with Crippen molar-refractivity contribution in [1.82, 2.24) is 15.1 Å². The van der Waals surface area contributed by atoms with Crippen molar-refractivity contribution >= 4 is 5.91 Å². The lowest BCUT2D eigenvalue weighted by Gasteiger charge is -2.34. The molecule has 2 fully saturated rings. The van der Waals surface area contributed by atoms with Crippen LogP contribution in [0.5, 0.6) is 0 Å². The molecule has 0 bridgehead atoms. The number of rotatable bonds is 5. The number of nitrogens with zero attached hydrogens (tertiary/aromatic N) is 2. The third-order valence-corrected chi connectivity index (χ3v) is 5.74. The van der Waals surface area contributed by atoms with E-state index in [1.54, 1.807) is 0 Å². The average Bonchev–Trinajstić information content (AvgIpc) is 3.09. The minimum Gasteiger partial charge on any atom is -0.353 e. The van der Waals surface area contributed by atoms with Gasteiger partial charge in [-0.2, -0.15) is 5.10 Å². The smallest absolute Gasteiger partial charge is 0.220 e. The van der Waals surface area contributed by atoms with Crippen molar-refractivity contribution in [3.8, 4) is 0 Å². The fraction of sp³-hybridized carbons (Fsp3) is 0.789. The van der Waals surface area contributed by atoms with Gasteiger partial charge in [0, 0.05) is 38.5 Å². The minimum atomic E-state index is -0.383. The Kier molecular flexibility index (Phi) is 5.49. The number of carbonyl (C=O) groups is 1. The first kappa shape index (κ1) is 18.4. The summed E-state index contributed by atoms with van der Waals surface area (Å²) in [5.41, 5.74) is 3.31. The van der Waals surface area contributed by atoms with Gasteiger partial charge in [-0.1, -0.05) is 6.92 Å². The third-order valence-electron chi connectivity index (χ3n) is 5.74. The molecule has 1 aliphatic heterocycles. The van der Waals surface area contributed by atoms with Gasteiger partial charge in [0.15, 0.2) is 5.79 Å². The first-order chi connectivity index (χ1) is 11.9. The Labute approximate surface area is 150 Å². The van der Waals surface area contributed by atoms with Gasteiger partial charge in [0.1, 0.15) is 6.10 Å². The predicted octanol–water partition coefficient (Wildman–Crippen LogP) is 2.41. The highest BCUT2D eigenvalue weighted by molar-refractivity contribution is 5.76. The van der Waals surface area contributed by atoms with E-state index >= 15 is 0 Å². The lowest BCUT2D eigenvalue weighted by Crippen LogP contribution is -2.38. The third kappa shape index (κ3) is 4.23. The summed E-state index contributed by atoms with van der Waals surface area (Å²) in [4.78, 5) is 12.2. The van der Waals surface area contributed by atoms with Crippen LogP contribution in [0.4, 0.5) is 0 Å². The van der Waals surface area contributed by atoms with Gasteiger partial charge in [0.05, 0.1) is 12.3 Å². The molecule has 1 spiro atoms. The fourth-order valence-corrected chi connectivity index (χ4v) is 3.92. The van der Waals surface area contributed by atoms with Gasteiger partial charge in [-0.15, -0.1) is 0 Å². The van der Waals surface area contributed by atoms with Gasteiger partial charge < -0.3 is 14.8 Å². The zero-order valence-electron chi connectivity index (χ0n) is 15.9. The number of carbonyl (C=O) groups excluding carboxylic acids is 1. The Balaban J connectivity index is 1.41. The van der Waals surface area contributed by atoms with Gasteiger partial charge in [-0.05, 0) is 44.6 Å². The van der Waals surface area contributed by atoms with E-state index in [0.717, 1.165) is 49.4 Å². The Bertz CT molecular complexity index is 618. The van der Waals surface area contributed by atoms with Crippen LogP contribution in [0.1, 0.15) is 56.0 Å². The largest absolute Gasteiger partial charge is 0.353 e. The van der Waals surface area contributed by atoms with E-state index in [-0.39, 0.29) is 17.8 Å². The Hall–Kier alpha value is -1.40. The quantitative estimate of drug-likeness (QED) is 0.886. The summed E-state index contributed by atoms with van der Waals surface area (Å²) in [6.07, 6.45) is 5.42. The summed E-state index contributed by atoms with van der Waals surface area (Å²) >= 11 is 0. The molecule has 1 saturated carbocycles. The maximum atomic E-state index is 12.2. The molecule has 2 aliphatic rings. The summed E-state index contributed by atoms with van der Waals surface area (Å²) in [6.45, 7) is 7.43. The van der Waals surface area contributed by atoms with Crippen LogP contribution in [0.25, 0.3) is 0 Å². The predicted molar refractivity (Wildman–Crippen MR) is 95.2 cm³/mol. The van der Waals surface area contributed by atoms with E-state index in [2.05, 4.69) is 17.3 Å². The summed E-state index contributed by atoms with van der Waals surface area (Å²) in [7, 11) is 1.94. The van der Waals surface area contributed by atoms with Crippen LogP contribution in [0.15, 0.2) is 0 Å². The summed E-state index contributed by atoms with van der Waals surface area (Å²) in [5, 5.41) is 7.40. The van der Waals surface area contributed by atoms with Gasteiger partial charge in [-0.3, -0.25) is 9.48 Å². The van der Waals surface area contributed by atoms with E-state index in [1.807, 2.05) is 25.6 Å². The van der Waals surface area contributed by atoms with Crippen LogP contribution in [-0.2, 0) is 27.7 Å². The van der Waals surface area contributed by atoms with Crippen LogP contribution >= 0.6 is 0 Å². The average molecular weight is 349 g/mol. The molecule has 6 nitrogen and oxygen atoms in total. The lowest BCUT2D eigenvalue weighted by molar-refractivity contribution is -0.191. The monoisotopic (exact) mass is 349 g/mol. The van der Waals surface area contributed by atoms with Crippen molar-refractivity contribution in [3.05, 3.63) is 17.0 Å². The second-order valence-electron chi connectivity index (χ2n) is 7.72. The molecule has 1 amide bonds. The molecule has 2 heterocycles. The van der Waals surface area contributed by atoms with Crippen molar-refractivity contribution in [2.75, 3.05) is 13.2 Å². The minimum absolute atomic E-state index is 0.0285. The molecule has 1 aliphatic carbocycles. The maximum Gasteiger partial charge on any atom is 0.220 e. The number of aryl methyl sites for hydroxylation is 2. The normalized spacial score (nSPS) is 29.3.